The smallest absolute Gasteiger partial charge is 0.411 e. The van der Waals surface area contributed by atoms with E-state index in [-0.39, 0.29) is 30.8 Å². The van der Waals surface area contributed by atoms with Gasteiger partial charge in [-0.3, -0.25) is 4.90 Å². The standard InChI is InChI=1S/C23H45NO5Si/c1-15(2)30(16(3)4,17(5)6)28-14-23-18(13-25)11-19(12-20(23)27-10)24(23)21(26)29-22(7,8)9/h15-20,25H,11-14H2,1-10H3/t18-,19+,20-,23-/m0/s1. The van der Waals surface area contributed by atoms with Crippen LogP contribution in [0, 0.1) is 5.92 Å². The van der Waals surface area contributed by atoms with Gasteiger partial charge in [0.25, 0.3) is 0 Å². The van der Waals surface area contributed by atoms with Crippen molar-refractivity contribution in [3.8, 4) is 0 Å². The third-order valence-electron chi connectivity index (χ3n) is 7.48. The van der Waals surface area contributed by atoms with Crippen LogP contribution in [0.2, 0.25) is 16.6 Å². The zero-order chi connectivity index (χ0) is 23.1. The lowest BCUT2D eigenvalue weighted by molar-refractivity contribution is -0.0672. The van der Waals surface area contributed by atoms with E-state index in [1.807, 2.05) is 25.7 Å². The van der Waals surface area contributed by atoms with Crippen LogP contribution in [0.15, 0.2) is 0 Å². The van der Waals surface area contributed by atoms with E-state index in [1.165, 1.54) is 0 Å². The summed E-state index contributed by atoms with van der Waals surface area (Å²) in [4.78, 5) is 15.2. The molecule has 2 rings (SSSR count). The largest absolute Gasteiger partial charge is 0.444 e. The summed E-state index contributed by atoms with van der Waals surface area (Å²) in [6.07, 6.45) is 1.03. The molecule has 176 valence electrons. The van der Waals surface area contributed by atoms with Gasteiger partial charge >= 0.3 is 6.09 Å². The highest BCUT2D eigenvalue weighted by molar-refractivity contribution is 6.77. The Kier molecular flexibility index (Phi) is 7.76. The van der Waals surface area contributed by atoms with Crippen LogP contribution < -0.4 is 0 Å². The highest BCUT2D eigenvalue weighted by Crippen LogP contribution is 2.53. The van der Waals surface area contributed by atoms with Crippen LogP contribution in [0.1, 0.15) is 75.2 Å². The van der Waals surface area contributed by atoms with Gasteiger partial charge < -0.3 is 19.0 Å². The molecule has 1 amide bonds. The summed E-state index contributed by atoms with van der Waals surface area (Å²) >= 11 is 0. The van der Waals surface area contributed by atoms with Gasteiger partial charge in [0.2, 0.25) is 0 Å². The highest BCUT2D eigenvalue weighted by Gasteiger charge is 2.67. The summed E-state index contributed by atoms with van der Waals surface area (Å²) in [7, 11) is -0.451. The molecule has 0 aromatic carbocycles. The van der Waals surface area contributed by atoms with Crippen molar-refractivity contribution >= 4 is 14.4 Å². The fourth-order valence-electron chi connectivity index (χ4n) is 6.43. The molecular formula is C23H45NO5Si. The number of nitrogens with zero attached hydrogens (tertiary/aromatic N) is 1. The van der Waals surface area contributed by atoms with Gasteiger partial charge in [-0.05, 0) is 50.2 Å². The number of aliphatic hydroxyl groups is 1. The second kappa shape index (κ2) is 9.08. The van der Waals surface area contributed by atoms with Gasteiger partial charge in [-0.1, -0.05) is 41.5 Å². The van der Waals surface area contributed by atoms with Crippen LogP contribution in [0.5, 0.6) is 0 Å². The van der Waals surface area contributed by atoms with E-state index in [2.05, 4.69) is 41.5 Å². The van der Waals surface area contributed by atoms with E-state index in [4.69, 9.17) is 13.9 Å². The minimum absolute atomic E-state index is 0.0125. The molecule has 2 aliphatic rings. The molecule has 30 heavy (non-hydrogen) atoms. The minimum atomic E-state index is -2.15. The third kappa shape index (κ3) is 4.19. The molecule has 2 heterocycles. The minimum Gasteiger partial charge on any atom is -0.444 e. The van der Waals surface area contributed by atoms with Crippen LogP contribution >= 0.6 is 0 Å². The Morgan fingerprint density at radius 2 is 1.63 bits per heavy atom. The Hall–Kier alpha value is -0.633. The number of carbonyl (C=O) groups is 1. The number of methoxy groups -OCH3 is 1. The van der Waals surface area contributed by atoms with Crippen molar-refractivity contribution in [2.45, 2.75) is 115 Å². The second-order valence-corrected chi connectivity index (χ2v) is 16.6. The number of aliphatic hydroxyl groups excluding tert-OH is 1. The van der Waals surface area contributed by atoms with E-state index in [0.29, 0.717) is 23.2 Å². The summed E-state index contributed by atoms with van der Waals surface area (Å²) in [6.45, 7) is 19.6. The molecule has 2 bridgehead atoms. The van der Waals surface area contributed by atoms with E-state index >= 15 is 0 Å². The molecule has 7 heteroatoms. The van der Waals surface area contributed by atoms with Gasteiger partial charge in [-0.25, -0.2) is 4.79 Å². The number of ether oxygens (including phenoxy) is 2. The molecular weight excluding hydrogens is 398 g/mol. The van der Waals surface area contributed by atoms with Crippen LogP contribution in [0.3, 0.4) is 0 Å². The first-order chi connectivity index (χ1) is 13.8. The lowest BCUT2D eigenvalue weighted by atomic mass is 9.76. The molecule has 0 aliphatic carbocycles. The summed E-state index contributed by atoms with van der Waals surface area (Å²) in [5, 5.41) is 10.3. The number of fused-ring (bicyclic) bond motifs is 2. The Bertz CT molecular complexity index is 565. The van der Waals surface area contributed by atoms with Crippen molar-refractivity contribution in [2.75, 3.05) is 20.3 Å². The predicted octanol–water partition coefficient (Wildman–Crippen LogP) is 4.95. The normalized spacial score (nSPS) is 29.5. The molecule has 0 unspecified atom stereocenters. The summed E-state index contributed by atoms with van der Waals surface area (Å²) in [6, 6.07) is 0.0127. The van der Waals surface area contributed by atoms with Crippen molar-refractivity contribution in [1.82, 2.24) is 4.90 Å². The molecule has 0 spiro atoms. The zero-order valence-electron chi connectivity index (χ0n) is 20.8. The van der Waals surface area contributed by atoms with Crippen molar-refractivity contribution in [3.05, 3.63) is 0 Å². The molecule has 6 nitrogen and oxygen atoms in total. The van der Waals surface area contributed by atoms with Gasteiger partial charge in [0.1, 0.15) is 5.60 Å². The topological polar surface area (TPSA) is 68.2 Å². The van der Waals surface area contributed by atoms with Crippen molar-refractivity contribution in [3.63, 3.8) is 0 Å². The van der Waals surface area contributed by atoms with E-state index < -0.39 is 19.5 Å². The molecule has 2 aliphatic heterocycles. The molecule has 0 saturated carbocycles. The molecule has 1 N–H and O–H groups in total. The third-order valence-corrected chi connectivity index (χ3v) is 13.5. The first kappa shape index (κ1) is 25.6. The number of carbonyl (C=O) groups excluding carboxylic acids is 1. The van der Waals surface area contributed by atoms with Crippen molar-refractivity contribution in [1.29, 1.82) is 0 Å². The lowest BCUT2D eigenvalue weighted by Crippen LogP contribution is -2.62. The lowest BCUT2D eigenvalue weighted by Gasteiger charge is -2.48. The Morgan fingerprint density at radius 1 is 1.10 bits per heavy atom. The van der Waals surface area contributed by atoms with Gasteiger partial charge in [0.05, 0.1) is 18.2 Å². The van der Waals surface area contributed by atoms with E-state index in [9.17, 15) is 9.90 Å². The Labute approximate surface area is 184 Å². The number of amides is 1. The summed E-state index contributed by atoms with van der Waals surface area (Å²) in [5.74, 6) is -0.0769. The zero-order valence-corrected chi connectivity index (χ0v) is 21.8. The van der Waals surface area contributed by atoms with Crippen LogP contribution in [-0.4, -0.2) is 68.0 Å². The quantitative estimate of drug-likeness (QED) is 0.537. The number of hydrogen-bond acceptors (Lipinski definition) is 5. The van der Waals surface area contributed by atoms with Gasteiger partial charge in [0, 0.05) is 25.7 Å². The van der Waals surface area contributed by atoms with Gasteiger partial charge in [-0.2, -0.15) is 0 Å². The number of hydrogen-bond donors (Lipinski definition) is 1. The average molecular weight is 444 g/mol. The van der Waals surface area contributed by atoms with Crippen molar-refractivity contribution < 1.29 is 23.8 Å². The fourth-order valence-corrected chi connectivity index (χ4v) is 11.9. The molecule has 0 aromatic rings. The van der Waals surface area contributed by atoms with Crippen LogP contribution in [0.4, 0.5) is 4.79 Å². The second-order valence-electron chi connectivity index (χ2n) is 11.2. The SMILES string of the molecule is CO[C@H]1C[C@H]2C[C@@H](CO)[C@]1(CO[Si](C(C)C)(C(C)C)C(C)C)N2C(=O)OC(C)(C)C. The van der Waals surface area contributed by atoms with Crippen LogP contribution in [-0.2, 0) is 13.9 Å². The van der Waals surface area contributed by atoms with Crippen LogP contribution in [0.25, 0.3) is 0 Å². The maximum absolute atomic E-state index is 13.3. The fraction of sp³-hybridized carbons (Fsp3) is 0.957. The summed E-state index contributed by atoms with van der Waals surface area (Å²) in [5.41, 5.74) is 0.0567. The van der Waals surface area contributed by atoms with Gasteiger partial charge in [0.15, 0.2) is 8.32 Å². The Morgan fingerprint density at radius 3 is 2.03 bits per heavy atom. The first-order valence-electron chi connectivity index (χ1n) is 11.6. The summed E-state index contributed by atoms with van der Waals surface area (Å²) < 4.78 is 18.7. The van der Waals surface area contributed by atoms with E-state index in [0.717, 1.165) is 12.8 Å². The van der Waals surface area contributed by atoms with E-state index in [1.54, 1.807) is 7.11 Å². The first-order valence-corrected chi connectivity index (χ1v) is 13.7. The number of rotatable bonds is 8. The molecule has 2 fully saturated rings. The molecule has 4 atom stereocenters. The molecule has 0 radical (unpaired) electrons. The average Bonchev–Trinajstić information content (AvgIpc) is 3.09. The predicted molar refractivity (Wildman–Crippen MR) is 122 cm³/mol. The molecule has 2 saturated heterocycles. The molecule has 0 aromatic heterocycles. The monoisotopic (exact) mass is 443 g/mol. The van der Waals surface area contributed by atoms with Crippen molar-refractivity contribution in [2.24, 2.45) is 5.92 Å². The maximum Gasteiger partial charge on any atom is 0.411 e. The Balaban J connectivity index is 2.47. The maximum atomic E-state index is 13.3. The van der Waals surface area contributed by atoms with Gasteiger partial charge in [-0.15, -0.1) is 0 Å². The highest BCUT2D eigenvalue weighted by atomic mass is 28.4.